The zero-order valence-corrected chi connectivity index (χ0v) is 14.7. The number of hydrogen-bond acceptors (Lipinski definition) is 6. The Morgan fingerprint density at radius 3 is 3.04 bits per heavy atom. The predicted octanol–water partition coefficient (Wildman–Crippen LogP) is 0.838. The second kappa shape index (κ2) is 6.98. The van der Waals surface area contributed by atoms with Crippen LogP contribution in [0.15, 0.2) is 40.9 Å². The molecule has 24 heavy (non-hydrogen) atoms. The number of piperazine rings is 1. The van der Waals surface area contributed by atoms with Crippen LogP contribution in [0, 0.1) is 0 Å². The minimum atomic E-state index is -3.54. The van der Waals surface area contributed by atoms with E-state index in [2.05, 4.69) is 15.0 Å². The first-order valence-corrected chi connectivity index (χ1v) is 9.83. The first-order chi connectivity index (χ1) is 11.5. The standard InChI is InChI=1S/C15H18N4O3S2/c1-16-24(21,22)12-7-14(23-10-12)15(20)19-6-5-18-9-13(19)11-3-2-4-17-8-11/h2-4,7-8,10,13,16,18H,5-6,9H2,1H3. The van der Waals surface area contributed by atoms with Crippen LogP contribution in [0.5, 0.6) is 0 Å². The van der Waals surface area contributed by atoms with Gasteiger partial charge < -0.3 is 10.2 Å². The summed E-state index contributed by atoms with van der Waals surface area (Å²) >= 11 is 1.14. The van der Waals surface area contributed by atoms with E-state index in [1.807, 2.05) is 12.1 Å². The number of hydrogen-bond donors (Lipinski definition) is 2. The van der Waals surface area contributed by atoms with Gasteiger partial charge in [0, 0.05) is 37.4 Å². The van der Waals surface area contributed by atoms with Crippen LogP contribution in [-0.2, 0) is 10.0 Å². The molecule has 3 rings (SSSR count). The molecule has 0 radical (unpaired) electrons. The summed E-state index contributed by atoms with van der Waals surface area (Å²) in [6, 6.07) is 5.10. The molecule has 2 N–H and O–H groups in total. The van der Waals surface area contributed by atoms with E-state index in [4.69, 9.17) is 0 Å². The number of sulfonamides is 1. The van der Waals surface area contributed by atoms with E-state index in [0.717, 1.165) is 16.9 Å². The molecule has 0 saturated carbocycles. The number of carbonyl (C=O) groups excluding carboxylic acids is 1. The van der Waals surface area contributed by atoms with Gasteiger partial charge in [0.1, 0.15) is 0 Å². The van der Waals surface area contributed by atoms with Crippen molar-refractivity contribution in [2.45, 2.75) is 10.9 Å². The maximum atomic E-state index is 12.9. The van der Waals surface area contributed by atoms with Crippen LogP contribution in [0.1, 0.15) is 21.3 Å². The number of aromatic nitrogens is 1. The Labute approximate surface area is 144 Å². The summed E-state index contributed by atoms with van der Waals surface area (Å²) in [6.07, 6.45) is 3.45. The average Bonchev–Trinajstić information content (AvgIpc) is 3.13. The number of amides is 1. The van der Waals surface area contributed by atoms with Crippen LogP contribution in [-0.4, -0.2) is 50.9 Å². The van der Waals surface area contributed by atoms with Gasteiger partial charge in [0.2, 0.25) is 10.0 Å². The van der Waals surface area contributed by atoms with E-state index < -0.39 is 10.0 Å². The fraction of sp³-hybridized carbons (Fsp3) is 0.333. The summed E-state index contributed by atoms with van der Waals surface area (Å²) in [7, 11) is -2.19. The average molecular weight is 366 g/mol. The van der Waals surface area contributed by atoms with E-state index in [-0.39, 0.29) is 16.8 Å². The maximum Gasteiger partial charge on any atom is 0.264 e. The highest BCUT2D eigenvalue weighted by Gasteiger charge is 2.30. The Kier molecular flexibility index (Phi) is 4.95. The fourth-order valence-corrected chi connectivity index (χ4v) is 4.61. The molecule has 1 aliphatic heterocycles. The second-order valence-electron chi connectivity index (χ2n) is 5.36. The SMILES string of the molecule is CNS(=O)(=O)c1csc(C(=O)N2CCNCC2c2cccnc2)c1. The lowest BCUT2D eigenvalue weighted by atomic mass is 10.1. The van der Waals surface area contributed by atoms with Gasteiger partial charge in [0.15, 0.2) is 0 Å². The lowest BCUT2D eigenvalue weighted by Crippen LogP contribution is -2.48. The van der Waals surface area contributed by atoms with Crippen molar-refractivity contribution in [3.63, 3.8) is 0 Å². The number of pyridine rings is 1. The highest BCUT2D eigenvalue weighted by atomic mass is 32.2. The van der Waals surface area contributed by atoms with Crippen molar-refractivity contribution in [1.82, 2.24) is 19.9 Å². The van der Waals surface area contributed by atoms with Crippen molar-refractivity contribution >= 4 is 27.3 Å². The highest BCUT2D eigenvalue weighted by molar-refractivity contribution is 7.89. The first-order valence-electron chi connectivity index (χ1n) is 7.46. The van der Waals surface area contributed by atoms with E-state index in [0.29, 0.717) is 24.5 Å². The molecule has 0 aliphatic carbocycles. The third kappa shape index (κ3) is 3.34. The van der Waals surface area contributed by atoms with Crippen molar-refractivity contribution in [3.05, 3.63) is 46.4 Å². The van der Waals surface area contributed by atoms with Gasteiger partial charge in [-0.15, -0.1) is 11.3 Å². The molecular formula is C15H18N4O3S2. The first kappa shape index (κ1) is 17.0. The van der Waals surface area contributed by atoms with Gasteiger partial charge in [0.25, 0.3) is 5.91 Å². The molecule has 128 valence electrons. The summed E-state index contributed by atoms with van der Waals surface area (Å²) < 4.78 is 26.0. The van der Waals surface area contributed by atoms with Gasteiger partial charge in [-0.1, -0.05) is 6.07 Å². The second-order valence-corrected chi connectivity index (χ2v) is 8.16. The lowest BCUT2D eigenvalue weighted by Gasteiger charge is -2.36. The predicted molar refractivity (Wildman–Crippen MR) is 91.4 cm³/mol. The summed E-state index contributed by atoms with van der Waals surface area (Å²) in [5, 5.41) is 4.77. The van der Waals surface area contributed by atoms with Gasteiger partial charge in [0.05, 0.1) is 15.8 Å². The Morgan fingerprint density at radius 2 is 2.33 bits per heavy atom. The van der Waals surface area contributed by atoms with Crippen LogP contribution < -0.4 is 10.0 Å². The highest BCUT2D eigenvalue weighted by Crippen LogP contribution is 2.27. The Balaban J connectivity index is 1.88. The van der Waals surface area contributed by atoms with Crippen molar-refractivity contribution in [2.24, 2.45) is 0 Å². The molecule has 1 amide bonds. The Bertz CT molecular complexity index is 820. The minimum Gasteiger partial charge on any atom is -0.328 e. The van der Waals surface area contributed by atoms with Gasteiger partial charge >= 0.3 is 0 Å². The molecule has 0 bridgehead atoms. The van der Waals surface area contributed by atoms with E-state index in [1.165, 1.54) is 18.5 Å². The van der Waals surface area contributed by atoms with Crippen LogP contribution >= 0.6 is 11.3 Å². The Hall–Kier alpha value is -1.81. The van der Waals surface area contributed by atoms with Crippen molar-refractivity contribution in [1.29, 1.82) is 0 Å². The van der Waals surface area contributed by atoms with Crippen molar-refractivity contribution in [2.75, 3.05) is 26.7 Å². The summed E-state index contributed by atoms with van der Waals surface area (Å²) in [6.45, 7) is 1.91. The van der Waals surface area contributed by atoms with Gasteiger partial charge in [-0.05, 0) is 24.7 Å². The molecule has 2 aromatic heterocycles. The minimum absolute atomic E-state index is 0.117. The van der Waals surface area contributed by atoms with E-state index in [1.54, 1.807) is 17.3 Å². The molecule has 1 atom stereocenters. The number of thiophene rings is 1. The monoisotopic (exact) mass is 366 g/mol. The quantitative estimate of drug-likeness (QED) is 0.837. The normalized spacial score (nSPS) is 18.5. The van der Waals surface area contributed by atoms with Crippen LogP contribution in [0.2, 0.25) is 0 Å². The molecule has 1 aliphatic rings. The van der Waals surface area contributed by atoms with Gasteiger partial charge in [-0.25, -0.2) is 13.1 Å². The van der Waals surface area contributed by atoms with E-state index >= 15 is 0 Å². The topological polar surface area (TPSA) is 91.4 Å². The van der Waals surface area contributed by atoms with Crippen molar-refractivity contribution < 1.29 is 13.2 Å². The third-order valence-corrected chi connectivity index (χ3v) is 6.40. The molecule has 2 aromatic rings. The van der Waals surface area contributed by atoms with Crippen molar-refractivity contribution in [3.8, 4) is 0 Å². The fourth-order valence-electron chi connectivity index (χ4n) is 2.65. The smallest absolute Gasteiger partial charge is 0.264 e. The third-order valence-electron chi connectivity index (χ3n) is 3.94. The van der Waals surface area contributed by atoms with Crippen LogP contribution in [0.3, 0.4) is 0 Å². The van der Waals surface area contributed by atoms with Gasteiger partial charge in [-0.3, -0.25) is 9.78 Å². The molecule has 1 fully saturated rings. The summed E-state index contributed by atoms with van der Waals surface area (Å²) in [5.41, 5.74) is 0.956. The molecule has 3 heterocycles. The lowest BCUT2D eigenvalue weighted by molar-refractivity contribution is 0.0639. The van der Waals surface area contributed by atoms with E-state index in [9.17, 15) is 13.2 Å². The number of carbonyl (C=O) groups is 1. The van der Waals surface area contributed by atoms with Crippen LogP contribution in [0.25, 0.3) is 0 Å². The number of rotatable bonds is 4. The molecule has 0 aromatic carbocycles. The zero-order valence-electron chi connectivity index (χ0n) is 13.1. The summed E-state index contributed by atoms with van der Waals surface area (Å²) in [5.74, 6) is -0.159. The molecule has 0 spiro atoms. The molecule has 1 unspecified atom stereocenters. The van der Waals surface area contributed by atoms with Crippen LogP contribution in [0.4, 0.5) is 0 Å². The summed E-state index contributed by atoms with van der Waals surface area (Å²) in [4.78, 5) is 19.3. The maximum absolute atomic E-state index is 12.9. The largest absolute Gasteiger partial charge is 0.328 e. The molecular weight excluding hydrogens is 348 g/mol. The molecule has 7 nitrogen and oxygen atoms in total. The Morgan fingerprint density at radius 1 is 1.50 bits per heavy atom. The number of nitrogens with zero attached hydrogens (tertiary/aromatic N) is 2. The number of nitrogens with one attached hydrogen (secondary N) is 2. The molecule has 9 heteroatoms. The zero-order chi connectivity index (χ0) is 17.2. The molecule has 1 saturated heterocycles. The van der Waals surface area contributed by atoms with Gasteiger partial charge in [-0.2, -0.15) is 0 Å².